The highest BCUT2D eigenvalue weighted by Gasteiger charge is 2.06. The zero-order valence-electron chi connectivity index (χ0n) is 11.1. The fourth-order valence-corrected chi connectivity index (χ4v) is 1.76. The molecule has 96 valence electrons. The average molecular weight is 227 g/mol. The molecule has 1 N–H and O–H groups in total. The van der Waals surface area contributed by atoms with Crippen molar-refractivity contribution >= 4 is 0 Å². The molecule has 2 nitrogen and oxygen atoms in total. The first kappa shape index (κ1) is 15.7. The van der Waals surface area contributed by atoms with E-state index in [-0.39, 0.29) is 0 Å². The van der Waals surface area contributed by atoms with Crippen LogP contribution in [0.15, 0.2) is 12.7 Å². The normalized spacial score (nSPS) is 12.6. The van der Waals surface area contributed by atoms with Gasteiger partial charge in [0.25, 0.3) is 0 Å². The van der Waals surface area contributed by atoms with Gasteiger partial charge in [-0.15, -0.1) is 6.58 Å². The Labute approximate surface area is 101 Å². The predicted octanol–water partition coefficient (Wildman–Crippen LogP) is 3.53. The van der Waals surface area contributed by atoms with E-state index in [9.17, 15) is 0 Å². The molecule has 0 aliphatic heterocycles. The average Bonchev–Trinajstić information content (AvgIpc) is 2.29. The van der Waals surface area contributed by atoms with E-state index in [4.69, 9.17) is 4.74 Å². The van der Waals surface area contributed by atoms with Crippen molar-refractivity contribution < 1.29 is 4.74 Å². The SMILES string of the molecule is C=CCCCCCC(COCCC)NCC. The van der Waals surface area contributed by atoms with E-state index in [1.54, 1.807) is 0 Å². The molecule has 0 rings (SSSR count). The maximum absolute atomic E-state index is 5.60. The van der Waals surface area contributed by atoms with Gasteiger partial charge >= 0.3 is 0 Å². The van der Waals surface area contributed by atoms with Gasteiger partial charge in [-0.3, -0.25) is 0 Å². The summed E-state index contributed by atoms with van der Waals surface area (Å²) in [4.78, 5) is 0. The molecule has 0 radical (unpaired) electrons. The lowest BCUT2D eigenvalue weighted by molar-refractivity contribution is 0.109. The molecule has 0 aliphatic carbocycles. The van der Waals surface area contributed by atoms with Crippen LogP contribution in [0.1, 0.15) is 52.4 Å². The minimum Gasteiger partial charge on any atom is -0.380 e. The lowest BCUT2D eigenvalue weighted by atomic mass is 10.1. The summed E-state index contributed by atoms with van der Waals surface area (Å²) in [5, 5.41) is 3.49. The first-order valence-corrected chi connectivity index (χ1v) is 6.77. The fourth-order valence-electron chi connectivity index (χ4n) is 1.76. The van der Waals surface area contributed by atoms with Crippen LogP contribution in [0, 0.1) is 0 Å². The third-order valence-corrected chi connectivity index (χ3v) is 2.62. The Morgan fingerprint density at radius 2 is 2.06 bits per heavy atom. The Morgan fingerprint density at radius 3 is 2.69 bits per heavy atom. The van der Waals surface area contributed by atoms with Crippen LogP contribution in [-0.4, -0.2) is 25.8 Å². The molecule has 0 bridgehead atoms. The van der Waals surface area contributed by atoms with E-state index >= 15 is 0 Å². The van der Waals surface area contributed by atoms with E-state index in [0.29, 0.717) is 6.04 Å². The highest BCUT2D eigenvalue weighted by molar-refractivity contribution is 4.68. The van der Waals surface area contributed by atoms with Crippen LogP contribution in [0.4, 0.5) is 0 Å². The van der Waals surface area contributed by atoms with E-state index < -0.39 is 0 Å². The molecule has 0 saturated heterocycles. The van der Waals surface area contributed by atoms with Crippen molar-refractivity contribution in [2.75, 3.05) is 19.8 Å². The third kappa shape index (κ3) is 10.2. The van der Waals surface area contributed by atoms with Gasteiger partial charge in [0.05, 0.1) is 6.61 Å². The molecule has 0 fully saturated rings. The van der Waals surface area contributed by atoms with Crippen LogP contribution >= 0.6 is 0 Å². The molecule has 0 spiro atoms. The van der Waals surface area contributed by atoms with Gasteiger partial charge in [-0.05, 0) is 32.2 Å². The standard InChI is InChI=1S/C14H29NO/c1-4-7-8-9-10-11-14(15-6-3)13-16-12-5-2/h4,14-15H,1,5-13H2,2-3H3. The highest BCUT2D eigenvalue weighted by atomic mass is 16.5. The number of hydrogen-bond donors (Lipinski definition) is 1. The van der Waals surface area contributed by atoms with Crippen molar-refractivity contribution in [1.82, 2.24) is 5.32 Å². The number of unbranched alkanes of at least 4 members (excludes halogenated alkanes) is 3. The molecule has 0 amide bonds. The minimum atomic E-state index is 0.542. The lowest BCUT2D eigenvalue weighted by Crippen LogP contribution is -2.33. The second kappa shape index (κ2) is 12.7. The fraction of sp³-hybridized carbons (Fsp3) is 0.857. The molecule has 0 aromatic heterocycles. The summed E-state index contributed by atoms with van der Waals surface area (Å²) < 4.78 is 5.60. The number of allylic oxidation sites excluding steroid dienone is 1. The maximum Gasteiger partial charge on any atom is 0.0619 e. The molecule has 0 aliphatic rings. The minimum absolute atomic E-state index is 0.542. The summed E-state index contributed by atoms with van der Waals surface area (Å²) in [6.45, 7) is 10.8. The summed E-state index contributed by atoms with van der Waals surface area (Å²) in [6, 6.07) is 0.542. The van der Waals surface area contributed by atoms with Crippen molar-refractivity contribution in [3.63, 3.8) is 0 Å². The second-order valence-electron chi connectivity index (χ2n) is 4.26. The van der Waals surface area contributed by atoms with Gasteiger partial charge in [-0.1, -0.05) is 32.8 Å². The molecule has 2 heteroatoms. The lowest BCUT2D eigenvalue weighted by Gasteiger charge is -2.17. The van der Waals surface area contributed by atoms with Gasteiger partial charge in [-0.2, -0.15) is 0 Å². The summed E-state index contributed by atoms with van der Waals surface area (Å²) in [5.74, 6) is 0. The van der Waals surface area contributed by atoms with Gasteiger partial charge < -0.3 is 10.1 Å². The van der Waals surface area contributed by atoms with Crippen molar-refractivity contribution in [2.24, 2.45) is 0 Å². The zero-order chi connectivity index (χ0) is 12.1. The maximum atomic E-state index is 5.60. The van der Waals surface area contributed by atoms with E-state index in [1.807, 2.05) is 6.08 Å². The number of ether oxygens (including phenoxy) is 1. The van der Waals surface area contributed by atoms with Crippen LogP contribution in [0.3, 0.4) is 0 Å². The van der Waals surface area contributed by atoms with E-state index in [1.165, 1.54) is 25.7 Å². The number of nitrogens with one attached hydrogen (secondary N) is 1. The molecule has 0 saturated carbocycles. The summed E-state index contributed by atoms with van der Waals surface area (Å²) >= 11 is 0. The molecule has 1 unspecified atom stereocenters. The van der Waals surface area contributed by atoms with Crippen LogP contribution < -0.4 is 5.32 Å². The molecular weight excluding hydrogens is 198 g/mol. The van der Waals surface area contributed by atoms with Crippen LogP contribution in [0.2, 0.25) is 0 Å². The summed E-state index contributed by atoms with van der Waals surface area (Å²) in [6.07, 6.45) is 9.37. The van der Waals surface area contributed by atoms with Crippen LogP contribution in [0.25, 0.3) is 0 Å². The Kier molecular flexibility index (Phi) is 12.5. The third-order valence-electron chi connectivity index (χ3n) is 2.62. The largest absolute Gasteiger partial charge is 0.380 e. The van der Waals surface area contributed by atoms with Gasteiger partial charge in [0.15, 0.2) is 0 Å². The van der Waals surface area contributed by atoms with Crippen LogP contribution in [-0.2, 0) is 4.74 Å². The first-order chi connectivity index (χ1) is 7.85. The van der Waals surface area contributed by atoms with Gasteiger partial charge in [0.2, 0.25) is 0 Å². The van der Waals surface area contributed by atoms with Crippen molar-refractivity contribution in [3.05, 3.63) is 12.7 Å². The quantitative estimate of drug-likeness (QED) is 0.407. The Bertz CT molecular complexity index is 148. The first-order valence-electron chi connectivity index (χ1n) is 6.77. The Morgan fingerprint density at radius 1 is 1.25 bits per heavy atom. The molecule has 0 aromatic carbocycles. The van der Waals surface area contributed by atoms with Crippen LogP contribution in [0.5, 0.6) is 0 Å². The van der Waals surface area contributed by atoms with Crippen molar-refractivity contribution in [1.29, 1.82) is 0 Å². The van der Waals surface area contributed by atoms with Crippen molar-refractivity contribution in [3.8, 4) is 0 Å². The van der Waals surface area contributed by atoms with Gasteiger partial charge in [0.1, 0.15) is 0 Å². The zero-order valence-corrected chi connectivity index (χ0v) is 11.1. The predicted molar refractivity (Wildman–Crippen MR) is 71.9 cm³/mol. The highest BCUT2D eigenvalue weighted by Crippen LogP contribution is 2.06. The number of rotatable bonds is 12. The van der Waals surface area contributed by atoms with Crippen molar-refractivity contribution in [2.45, 2.75) is 58.4 Å². The Balaban J connectivity index is 3.46. The van der Waals surface area contributed by atoms with Gasteiger partial charge in [-0.25, -0.2) is 0 Å². The number of likely N-dealkylation sites (N-methyl/N-ethyl adjacent to an activating group) is 1. The van der Waals surface area contributed by atoms with Gasteiger partial charge in [0, 0.05) is 12.6 Å². The second-order valence-corrected chi connectivity index (χ2v) is 4.26. The molecular formula is C14H29NO. The molecule has 0 aromatic rings. The summed E-state index contributed by atoms with van der Waals surface area (Å²) in [5.41, 5.74) is 0. The number of hydrogen-bond acceptors (Lipinski definition) is 2. The summed E-state index contributed by atoms with van der Waals surface area (Å²) in [7, 11) is 0. The topological polar surface area (TPSA) is 21.3 Å². The monoisotopic (exact) mass is 227 g/mol. The molecule has 1 atom stereocenters. The Hall–Kier alpha value is -0.340. The van der Waals surface area contributed by atoms with E-state index in [0.717, 1.165) is 32.6 Å². The smallest absolute Gasteiger partial charge is 0.0619 e. The van der Waals surface area contributed by atoms with E-state index in [2.05, 4.69) is 25.7 Å². The molecule has 0 heterocycles. The molecule has 16 heavy (non-hydrogen) atoms.